The second-order valence-electron chi connectivity index (χ2n) is 3.63. The quantitative estimate of drug-likeness (QED) is 0.853. The number of ether oxygens (including phenoxy) is 1. The van der Waals surface area contributed by atoms with E-state index in [4.69, 9.17) is 9.84 Å². The van der Waals surface area contributed by atoms with Gasteiger partial charge < -0.3 is 9.84 Å². The molecule has 0 radical (unpaired) electrons. The Bertz CT molecular complexity index is 344. The molecule has 1 fully saturated rings. The largest absolute Gasteiger partial charge is 0.481 e. The summed E-state index contributed by atoms with van der Waals surface area (Å²) in [5.41, 5.74) is 0.675. The van der Waals surface area contributed by atoms with Gasteiger partial charge in [0.25, 0.3) is 0 Å². The number of carboxylic acids is 1. The van der Waals surface area contributed by atoms with E-state index in [2.05, 4.69) is 4.98 Å². The molecule has 5 heteroatoms. The van der Waals surface area contributed by atoms with Crippen molar-refractivity contribution in [3.63, 3.8) is 0 Å². The van der Waals surface area contributed by atoms with E-state index >= 15 is 0 Å². The van der Waals surface area contributed by atoms with Crippen LogP contribution < -0.4 is 0 Å². The topological polar surface area (TPSA) is 59.4 Å². The van der Waals surface area contributed by atoms with Crippen LogP contribution in [0.4, 0.5) is 0 Å². The molecule has 0 bridgehead atoms. The molecule has 2 heterocycles. The molecule has 0 saturated carbocycles. The summed E-state index contributed by atoms with van der Waals surface area (Å²) >= 11 is 1.57. The molecular formula is C10H13NO3S. The summed E-state index contributed by atoms with van der Waals surface area (Å²) < 4.78 is 5.28. The molecule has 1 aliphatic heterocycles. The molecule has 1 aliphatic rings. The summed E-state index contributed by atoms with van der Waals surface area (Å²) in [4.78, 5) is 14.9. The van der Waals surface area contributed by atoms with Crippen molar-refractivity contribution in [2.24, 2.45) is 0 Å². The van der Waals surface area contributed by atoms with Gasteiger partial charge in [-0.3, -0.25) is 4.79 Å². The van der Waals surface area contributed by atoms with Crippen LogP contribution in [0.3, 0.4) is 0 Å². The monoisotopic (exact) mass is 227 g/mol. The summed E-state index contributed by atoms with van der Waals surface area (Å²) in [5, 5.41) is 11.5. The smallest absolute Gasteiger partial charge is 0.309 e. The van der Waals surface area contributed by atoms with Crippen LogP contribution in [0.25, 0.3) is 0 Å². The fourth-order valence-electron chi connectivity index (χ4n) is 1.69. The highest BCUT2D eigenvalue weighted by Crippen LogP contribution is 2.29. The molecule has 0 atom stereocenters. The predicted octanol–water partition coefficient (Wildman–Crippen LogP) is 1.66. The second kappa shape index (κ2) is 4.72. The van der Waals surface area contributed by atoms with Gasteiger partial charge in [0.05, 0.1) is 17.1 Å². The first-order valence-electron chi connectivity index (χ1n) is 4.99. The number of aliphatic carboxylic acids is 1. The lowest BCUT2D eigenvalue weighted by Gasteiger charge is -2.19. The number of carboxylic acid groups (broad SMARTS) is 1. The van der Waals surface area contributed by atoms with Crippen molar-refractivity contribution in [3.8, 4) is 0 Å². The second-order valence-corrected chi connectivity index (χ2v) is 4.52. The zero-order chi connectivity index (χ0) is 10.7. The standard InChI is InChI=1S/C10H13NO3S/c12-9(13)5-8-6-15-10(11-8)7-1-3-14-4-2-7/h6-7H,1-5H2,(H,12,13). The lowest BCUT2D eigenvalue weighted by molar-refractivity contribution is -0.136. The number of nitrogens with zero attached hydrogens (tertiary/aromatic N) is 1. The number of hydrogen-bond acceptors (Lipinski definition) is 4. The van der Waals surface area contributed by atoms with E-state index in [1.165, 1.54) is 0 Å². The molecule has 1 aromatic heterocycles. The molecular weight excluding hydrogens is 214 g/mol. The van der Waals surface area contributed by atoms with Crippen molar-refractivity contribution >= 4 is 17.3 Å². The highest BCUT2D eigenvalue weighted by atomic mass is 32.1. The molecule has 4 nitrogen and oxygen atoms in total. The van der Waals surface area contributed by atoms with Crippen molar-refractivity contribution < 1.29 is 14.6 Å². The molecule has 0 unspecified atom stereocenters. The maximum absolute atomic E-state index is 10.5. The van der Waals surface area contributed by atoms with E-state index in [9.17, 15) is 4.79 Å². The van der Waals surface area contributed by atoms with Crippen molar-refractivity contribution in [2.45, 2.75) is 25.2 Å². The maximum atomic E-state index is 10.5. The van der Waals surface area contributed by atoms with Gasteiger partial charge in [0, 0.05) is 24.5 Å². The van der Waals surface area contributed by atoms with E-state index in [-0.39, 0.29) is 6.42 Å². The van der Waals surface area contributed by atoms with E-state index in [0.717, 1.165) is 31.1 Å². The summed E-state index contributed by atoms with van der Waals surface area (Å²) in [7, 11) is 0. The fraction of sp³-hybridized carbons (Fsp3) is 0.600. The number of thiazole rings is 1. The third-order valence-corrected chi connectivity index (χ3v) is 3.53. The Labute approximate surface area is 91.9 Å². The van der Waals surface area contributed by atoms with Crippen molar-refractivity contribution in [3.05, 3.63) is 16.1 Å². The van der Waals surface area contributed by atoms with Gasteiger partial charge in [-0.25, -0.2) is 4.98 Å². The van der Waals surface area contributed by atoms with Crippen LogP contribution in [0.15, 0.2) is 5.38 Å². The predicted molar refractivity (Wildman–Crippen MR) is 56.2 cm³/mol. The first-order valence-corrected chi connectivity index (χ1v) is 5.87. The lowest BCUT2D eigenvalue weighted by Crippen LogP contribution is -2.14. The average Bonchev–Trinajstić information content (AvgIpc) is 2.67. The van der Waals surface area contributed by atoms with Gasteiger partial charge in [0.2, 0.25) is 0 Å². The van der Waals surface area contributed by atoms with E-state index < -0.39 is 5.97 Å². The minimum atomic E-state index is -0.821. The maximum Gasteiger partial charge on any atom is 0.309 e. The average molecular weight is 227 g/mol. The Balaban J connectivity index is 2.02. The summed E-state index contributed by atoms with van der Waals surface area (Å²) in [6.07, 6.45) is 2.03. The number of rotatable bonds is 3. The van der Waals surface area contributed by atoms with Crippen molar-refractivity contribution in [2.75, 3.05) is 13.2 Å². The fourth-order valence-corrected chi connectivity index (χ4v) is 2.68. The molecule has 0 aliphatic carbocycles. The normalized spacial score (nSPS) is 17.9. The summed E-state index contributed by atoms with van der Waals surface area (Å²) in [6.45, 7) is 1.58. The number of hydrogen-bond donors (Lipinski definition) is 1. The highest BCUT2D eigenvalue weighted by molar-refractivity contribution is 7.09. The van der Waals surface area contributed by atoms with Gasteiger partial charge in [0.1, 0.15) is 0 Å². The number of carbonyl (C=O) groups is 1. The van der Waals surface area contributed by atoms with Gasteiger partial charge in [-0.05, 0) is 12.8 Å². The van der Waals surface area contributed by atoms with Crippen LogP contribution in [0.2, 0.25) is 0 Å². The molecule has 2 rings (SSSR count). The molecule has 0 amide bonds. The van der Waals surface area contributed by atoms with E-state index in [0.29, 0.717) is 11.6 Å². The van der Waals surface area contributed by atoms with Crippen molar-refractivity contribution in [1.29, 1.82) is 0 Å². The zero-order valence-corrected chi connectivity index (χ0v) is 9.13. The SMILES string of the molecule is O=C(O)Cc1csc(C2CCOCC2)n1. The van der Waals surface area contributed by atoms with Crippen LogP contribution in [-0.4, -0.2) is 29.3 Å². The Hall–Kier alpha value is -0.940. The van der Waals surface area contributed by atoms with Gasteiger partial charge in [0.15, 0.2) is 0 Å². The Kier molecular flexibility index (Phi) is 3.33. The third-order valence-electron chi connectivity index (χ3n) is 2.47. The van der Waals surface area contributed by atoms with Gasteiger partial charge in [-0.1, -0.05) is 0 Å². The van der Waals surface area contributed by atoms with Crippen LogP contribution in [0.5, 0.6) is 0 Å². The molecule has 0 aromatic carbocycles. The first kappa shape index (κ1) is 10.6. The highest BCUT2D eigenvalue weighted by Gasteiger charge is 2.19. The third kappa shape index (κ3) is 2.76. The van der Waals surface area contributed by atoms with Gasteiger partial charge >= 0.3 is 5.97 Å². The molecule has 15 heavy (non-hydrogen) atoms. The molecule has 1 N–H and O–H groups in total. The summed E-state index contributed by atoms with van der Waals surface area (Å²) in [6, 6.07) is 0. The first-order chi connectivity index (χ1) is 7.25. The molecule has 82 valence electrons. The number of aromatic nitrogens is 1. The van der Waals surface area contributed by atoms with Crippen LogP contribution >= 0.6 is 11.3 Å². The van der Waals surface area contributed by atoms with E-state index in [1.54, 1.807) is 11.3 Å². The van der Waals surface area contributed by atoms with E-state index in [1.807, 2.05) is 5.38 Å². The lowest BCUT2D eigenvalue weighted by atomic mass is 10.0. The Morgan fingerprint density at radius 1 is 1.60 bits per heavy atom. The van der Waals surface area contributed by atoms with Crippen LogP contribution in [-0.2, 0) is 16.0 Å². The molecule has 1 aromatic rings. The minimum absolute atomic E-state index is 0.0275. The Morgan fingerprint density at radius 3 is 3.00 bits per heavy atom. The minimum Gasteiger partial charge on any atom is -0.481 e. The van der Waals surface area contributed by atoms with Crippen LogP contribution in [0.1, 0.15) is 29.5 Å². The van der Waals surface area contributed by atoms with Gasteiger partial charge in [-0.15, -0.1) is 11.3 Å². The zero-order valence-electron chi connectivity index (χ0n) is 8.31. The Morgan fingerprint density at radius 2 is 2.33 bits per heavy atom. The van der Waals surface area contributed by atoms with Crippen molar-refractivity contribution in [1.82, 2.24) is 4.98 Å². The van der Waals surface area contributed by atoms with Crippen LogP contribution in [0, 0.1) is 0 Å². The summed E-state index contributed by atoms with van der Waals surface area (Å²) in [5.74, 6) is -0.356. The van der Waals surface area contributed by atoms with Gasteiger partial charge in [-0.2, -0.15) is 0 Å². The molecule has 1 saturated heterocycles. The molecule has 0 spiro atoms.